The van der Waals surface area contributed by atoms with E-state index in [0.29, 0.717) is 33.9 Å². The molecular formula is C23H25BrN2O3. The van der Waals surface area contributed by atoms with Crippen LogP contribution in [0.25, 0.3) is 17.8 Å². The van der Waals surface area contributed by atoms with Crippen LogP contribution in [-0.4, -0.2) is 23.1 Å². The standard InChI is InChI=1S/C23H25BrN2O3/c1-3-4-5-8-16-29-22-17(10-9-11-19(22)28-2)13-14-18-21(24)23(27)26-15-7-6-12-20(26)25-18/h6-7,9-15H,3-5,8,16H2,1-2H3. The van der Waals surface area contributed by atoms with E-state index in [1.807, 2.05) is 42.5 Å². The van der Waals surface area contributed by atoms with Gasteiger partial charge in [-0.2, -0.15) is 0 Å². The first-order valence-electron chi connectivity index (χ1n) is 9.80. The summed E-state index contributed by atoms with van der Waals surface area (Å²) in [6, 6.07) is 11.2. The summed E-state index contributed by atoms with van der Waals surface area (Å²) < 4.78 is 13.5. The Kier molecular flexibility index (Phi) is 7.47. The molecule has 6 heteroatoms. The molecule has 5 nitrogen and oxygen atoms in total. The minimum absolute atomic E-state index is 0.145. The van der Waals surface area contributed by atoms with Crippen LogP contribution in [0.5, 0.6) is 11.5 Å². The Bertz CT molecular complexity index is 1060. The van der Waals surface area contributed by atoms with Gasteiger partial charge in [0.15, 0.2) is 11.5 Å². The van der Waals surface area contributed by atoms with E-state index in [2.05, 4.69) is 27.8 Å². The molecule has 0 atom stereocenters. The van der Waals surface area contributed by atoms with Crippen LogP contribution in [0.4, 0.5) is 0 Å². The fourth-order valence-corrected chi connectivity index (χ4v) is 3.46. The third kappa shape index (κ3) is 5.07. The molecule has 0 bridgehead atoms. The van der Waals surface area contributed by atoms with Crippen LogP contribution in [0, 0.1) is 0 Å². The maximum atomic E-state index is 12.6. The Morgan fingerprint density at radius 3 is 2.76 bits per heavy atom. The van der Waals surface area contributed by atoms with E-state index in [1.165, 1.54) is 17.2 Å². The summed E-state index contributed by atoms with van der Waals surface area (Å²) in [5.74, 6) is 1.39. The number of halogens is 1. The van der Waals surface area contributed by atoms with E-state index in [9.17, 15) is 4.79 Å². The molecule has 0 aliphatic heterocycles. The largest absolute Gasteiger partial charge is 0.493 e. The van der Waals surface area contributed by atoms with Gasteiger partial charge in [-0.3, -0.25) is 9.20 Å². The summed E-state index contributed by atoms with van der Waals surface area (Å²) in [4.78, 5) is 17.1. The minimum atomic E-state index is -0.145. The molecule has 0 aliphatic rings. The summed E-state index contributed by atoms with van der Waals surface area (Å²) in [5.41, 5.74) is 1.89. The monoisotopic (exact) mass is 456 g/mol. The Morgan fingerprint density at radius 2 is 1.97 bits per heavy atom. The first kappa shape index (κ1) is 21.1. The van der Waals surface area contributed by atoms with Gasteiger partial charge in [0.05, 0.1) is 19.4 Å². The van der Waals surface area contributed by atoms with Crippen LogP contribution in [0.2, 0.25) is 0 Å². The quantitative estimate of drug-likeness (QED) is 0.393. The van der Waals surface area contributed by atoms with Crippen LogP contribution in [-0.2, 0) is 0 Å². The van der Waals surface area contributed by atoms with E-state index in [0.717, 1.165) is 18.4 Å². The number of fused-ring (bicyclic) bond motifs is 1. The lowest BCUT2D eigenvalue weighted by atomic mass is 10.1. The number of hydrogen-bond acceptors (Lipinski definition) is 4. The van der Waals surface area contributed by atoms with Crippen LogP contribution in [0.15, 0.2) is 51.9 Å². The van der Waals surface area contributed by atoms with Crippen LogP contribution in [0.3, 0.4) is 0 Å². The van der Waals surface area contributed by atoms with Crippen molar-refractivity contribution in [2.24, 2.45) is 0 Å². The number of rotatable bonds is 9. The van der Waals surface area contributed by atoms with Gasteiger partial charge in [0.25, 0.3) is 5.56 Å². The number of hydrogen-bond donors (Lipinski definition) is 0. The highest BCUT2D eigenvalue weighted by molar-refractivity contribution is 9.10. The van der Waals surface area contributed by atoms with Crippen molar-refractivity contribution in [2.75, 3.05) is 13.7 Å². The highest BCUT2D eigenvalue weighted by Gasteiger charge is 2.11. The number of unbranched alkanes of at least 4 members (excludes halogenated alkanes) is 3. The average Bonchev–Trinajstić information content (AvgIpc) is 2.75. The van der Waals surface area contributed by atoms with Crippen molar-refractivity contribution in [3.63, 3.8) is 0 Å². The smallest absolute Gasteiger partial charge is 0.272 e. The zero-order valence-electron chi connectivity index (χ0n) is 16.7. The molecule has 0 spiro atoms. The van der Waals surface area contributed by atoms with E-state index in [-0.39, 0.29) is 5.56 Å². The van der Waals surface area contributed by atoms with Gasteiger partial charge in [-0.25, -0.2) is 4.98 Å². The van der Waals surface area contributed by atoms with Gasteiger partial charge in [-0.1, -0.05) is 44.4 Å². The summed E-state index contributed by atoms with van der Waals surface area (Å²) >= 11 is 3.38. The van der Waals surface area contributed by atoms with Crippen molar-refractivity contribution in [1.82, 2.24) is 9.38 Å². The van der Waals surface area contributed by atoms with Gasteiger partial charge >= 0.3 is 0 Å². The number of para-hydroxylation sites is 1. The number of nitrogens with zero attached hydrogens (tertiary/aromatic N) is 2. The van der Waals surface area contributed by atoms with Crippen LogP contribution in [0.1, 0.15) is 43.9 Å². The van der Waals surface area contributed by atoms with Crippen LogP contribution < -0.4 is 15.0 Å². The van der Waals surface area contributed by atoms with Crippen molar-refractivity contribution >= 4 is 33.7 Å². The van der Waals surface area contributed by atoms with E-state index in [4.69, 9.17) is 9.47 Å². The second kappa shape index (κ2) is 10.3. The molecule has 152 valence electrons. The molecule has 0 N–H and O–H groups in total. The lowest BCUT2D eigenvalue weighted by Crippen LogP contribution is -2.16. The third-order valence-electron chi connectivity index (χ3n) is 4.60. The maximum absolute atomic E-state index is 12.6. The van der Waals surface area contributed by atoms with E-state index >= 15 is 0 Å². The highest BCUT2D eigenvalue weighted by Crippen LogP contribution is 2.32. The molecule has 0 radical (unpaired) electrons. The Hall–Kier alpha value is -2.60. The second-order valence-electron chi connectivity index (χ2n) is 6.67. The normalized spacial score (nSPS) is 11.3. The van der Waals surface area contributed by atoms with Crippen molar-refractivity contribution < 1.29 is 9.47 Å². The molecule has 2 aromatic heterocycles. The number of benzene rings is 1. The van der Waals surface area contributed by atoms with Crippen molar-refractivity contribution in [1.29, 1.82) is 0 Å². The minimum Gasteiger partial charge on any atom is -0.493 e. The third-order valence-corrected chi connectivity index (χ3v) is 5.34. The molecule has 2 heterocycles. The molecule has 0 saturated carbocycles. The number of methoxy groups -OCH3 is 1. The van der Waals surface area contributed by atoms with Gasteiger partial charge in [0, 0.05) is 11.8 Å². The summed E-state index contributed by atoms with van der Waals surface area (Å²) in [7, 11) is 1.63. The average molecular weight is 457 g/mol. The highest BCUT2D eigenvalue weighted by atomic mass is 79.9. The fourth-order valence-electron chi connectivity index (χ4n) is 3.05. The summed E-state index contributed by atoms with van der Waals surface area (Å²) in [5, 5.41) is 0. The molecule has 0 saturated heterocycles. The van der Waals surface area contributed by atoms with Crippen molar-refractivity contribution in [3.8, 4) is 11.5 Å². The SMILES string of the molecule is CCCCCCOc1c(C=Cc2nc3ccccn3c(=O)c2Br)cccc1OC. The molecular weight excluding hydrogens is 432 g/mol. The molecule has 0 amide bonds. The van der Waals surface area contributed by atoms with Gasteiger partial charge in [-0.15, -0.1) is 0 Å². The summed E-state index contributed by atoms with van der Waals surface area (Å²) in [6.45, 7) is 2.83. The van der Waals surface area contributed by atoms with Crippen LogP contribution >= 0.6 is 15.9 Å². The van der Waals surface area contributed by atoms with Gasteiger partial charge in [0.2, 0.25) is 0 Å². The predicted molar refractivity (Wildman–Crippen MR) is 121 cm³/mol. The Labute approximate surface area is 179 Å². The molecule has 0 aliphatic carbocycles. The van der Waals surface area contributed by atoms with Gasteiger partial charge in [0.1, 0.15) is 10.1 Å². The first-order chi connectivity index (χ1) is 14.2. The lowest BCUT2D eigenvalue weighted by Gasteiger charge is -2.13. The fraction of sp³-hybridized carbons (Fsp3) is 0.304. The molecule has 0 unspecified atom stereocenters. The van der Waals surface area contributed by atoms with Gasteiger partial charge < -0.3 is 9.47 Å². The molecule has 3 aromatic rings. The Balaban J connectivity index is 1.89. The topological polar surface area (TPSA) is 52.8 Å². The first-order valence-corrected chi connectivity index (χ1v) is 10.6. The Morgan fingerprint density at radius 1 is 1.10 bits per heavy atom. The summed E-state index contributed by atoms with van der Waals surface area (Å²) in [6.07, 6.45) is 9.97. The van der Waals surface area contributed by atoms with E-state index in [1.54, 1.807) is 19.4 Å². The number of ether oxygens (including phenoxy) is 2. The maximum Gasteiger partial charge on any atom is 0.272 e. The number of aromatic nitrogens is 2. The van der Waals surface area contributed by atoms with Crippen molar-refractivity contribution in [2.45, 2.75) is 32.6 Å². The zero-order valence-corrected chi connectivity index (χ0v) is 18.3. The predicted octanol–water partition coefficient (Wildman–Crippen LogP) is 5.60. The van der Waals surface area contributed by atoms with Crippen molar-refractivity contribution in [3.05, 3.63) is 68.7 Å². The lowest BCUT2D eigenvalue weighted by molar-refractivity contribution is 0.284. The molecule has 0 fully saturated rings. The molecule has 1 aromatic carbocycles. The zero-order chi connectivity index (χ0) is 20.6. The van der Waals surface area contributed by atoms with E-state index < -0.39 is 0 Å². The second-order valence-corrected chi connectivity index (χ2v) is 7.46. The van der Waals surface area contributed by atoms with Gasteiger partial charge in [-0.05, 0) is 52.7 Å². The number of pyridine rings is 1. The molecule has 29 heavy (non-hydrogen) atoms. The molecule has 3 rings (SSSR count).